The third-order valence-electron chi connectivity index (χ3n) is 2.81. The van der Waals surface area contributed by atoms with Gasteiger partial charge in [-0.25, -0.2) is 0 Å². The third kappa shape index (κ3) is 2.88. The van der Waals surface area contributed by atoms with Crippen LogP contribution in [0, 0.1) is 6.92 Å². The molecule has 0 radical (unpaired) electrons. The highest BCUT2D eigenvalue weighted by molar-refractivity contribution is 5.93. The Labute approximate surface area is 100 Å². The van der Waals surface area contributed by atoms with Crippen LogP contribution in [-0.2, 0) is 11.3 Å². The zero-order valence-electron chi connectivity index (χ0n) is 10.1. The summed E-state index contributed by atoms with van der Waals surface area (Å²) in [5.41, 5.74) is 3.63. The molecular formula is C12H16N4O. The van der Waals surface area contributed by atoms with Gasteiger partial charge in [-0.2, -0.15) is 0 Å². The molecule has 5 heteroatoms. The Morgan fingerprint density at radius 1 is 1.41 bits per heavy atom. The summed E-state index contributed by atoms with van der Waals surface area (Å²) in [7, 11) is 0. The Morgan fingerprint density at radius 2 is 2.18 bits per heavy atom. The lowest BCUT2D eigenvalue weighted by molar-refractivity contribution is -0.117. The molecule has 2 rings (SSSR count). The summed E-state index contributed by atoms with van der Waals surface area (Å²) in [5.74, 6) is -0.0242. The van der Waals surface area contributed by atoms with Gasteiger partial charge in [0.15, 0.2) is 0 Å². The predicted molar refractivity (Wildman–Crippen MR) is 64.2 cm³/mol. The highest BCUT2D eigenvalue weighted by Gasteiger charge is 2.15. The lowest BCUT2D eigenvalue weighted by atomic mass is 10.0. The zero-order chi connectivity index (χ0) is 12.3. The van der Waals surface area contributed by atoms with E-state index in [0.29, 0.717) is 6.54 Å². The van der Waals surface area contributed by atoms with Gasteiger partial charge < -0.3 is 10.6 Å². The molecular weight excluding hydrogens is 216 g/mol. The number of nitrogens with zero attached hydrogens (tertiary/aromatic N) is 2. The Kier molecular flexibility index (Phi) is 3.49. The largest absolute Gasteiger partial charge is 0.347 e. The molecule has 0 bridgehead atoms. The van der Waals surface area contributed by atoms with Crippen molar-refractivity contribution < 1.29 is 4.79 Å². The molecule has 1 aliphatic rings. The molecule has 90 valence electrons. The van der Waals surface area contributed by atoms with Crippen LogP contribution in [-0.4, -0.2) is 29.0 Å². The number of hydrogen-bond acceptors (Lipinski definition) is 4. The van der Waals surface area contributed by atoms with Crippen LogP contribution in [0.1, 0.15) is 18.3 Å². The Hall–Kier alpha value is -1.75. The van der Waals surface area contributed by atoms with Gasteiger partial charge in [0.25, 0.3) is 0 Å². The quantitative estimate of drug-likeness (QED) is 0.737. The summed E-state index contributed by atoms with van der Waals surface area (Å²) in [6.07, 6.45) is 3.38. The third-order valence-corrected chi connectivity index (χ3v) is 2.81. The SMILES string of the molecule is CC(C(=O)NCc1cnc(C)cn1)=C1CNC1. The number of amides is 1. The summed E-state index contributed by atoms with van der Waals surface area (Å²) in [6, 6.07) is 0. The van der Waals surface area contributed by atoms with Gasteiger partial charge in [-0.15, -0.1) is 0 Å². The van der Waals surface area contributed by atoms with Crippen LogP contribution < -0.4 is 10.6 Å². The average Bonchev–Trinajstić information content (AvgIpc) is 2.25. The topological polar surface area (TPSA) is 66.9 Å². The van der Waals surface area contributed by atoms with Gasteiger partial charge in [0, 0.05) is 24.9 Å². The number of carbonyl (C=O) groups excluding carboxylic acids is 1. The fraction of sp³-hybridized carbons (Fsp3) is 0.417. The number of aromatic nitrogens is 2. The van der Waals surface area contributed by atoms with Gasteiger partial charge >= 0.3 is 0 Å². The van der Waals surface area contributed by atoms with Crippen molar-refractivity contribution in [3.8, 4) is 0 Å². The van der Waals surface area contributed by atoms with Gasteiger partial charge in [-0.05, 0) is 19.4 Å². The van der Waals surface area contributed by atoms with Crippen LogP contribution in [0.25, 0.3) is 0 Å². The van der Waals surface area contributed by atoms with E-state index in [4.69, 9.17) is 0 Å². The van der Waals surface area contributed by atoms with Crippen molar-refractivity contribution in [2.45, 2.75) is 20.4 Å². The highest BCUT2D eigenvalue weighted by Crippen LogP contribution is 2.08. The van der Waals surface area contributed by atoms with E-state index >= 15 is 0 Å². The number of rotatable bonds is 3. The number of aryl methyl sites for hydroxylation is 1. The minimum Gasteiger partial charge on any atom is -0.347 e. The molecule has 2 heterocycles. The Morgan fingerprint density at radius 3 is 2.71 bits per heavy atom. The van der Waals surface area contributed by atoms with Crippen molar-refractivity contribution in [3.05, 3.63) is 34.9 Å². The molecule has 1 aromatic heterocycles. The second kappa shape index (κ2) is 5.05. The smallest absolute Gasteiger partial charge is 0.247 e. The summed E-state index contributed by atoms with van der Waals surface area (Å²) >= 11 is 0. The first-order valence-electron chi connectivity index (χ1n) is 5.62. The van der Waals surface area contributed by atoms with Crippen molar-refractivity contribution in [3.63, 3.8) is 0 Å². The fourth-order valence-corrected chi connectivity index (χ4v) is 1.49. The van der Waals surface area contributed by atoms with E-state index in [1.54, 1.807) is 12.4 Å². The van der Waals surface area contributed by atoms with Crippen LogP contribution >= 0.6 is 0 Å². The molecule has 0 aromatic carbocycles. The first-order valence-corrected chi connectivity index (χ1v) is 5.62. The number of nitrogens with one attached hydrogen (secondary N) is 2. The standard InChI is InChI=1S/C12H16N4O/c1-8-3-15-11(6-14-8)7-16-12(17)9(2)10-4-13-5-10/h3,6,13H,4-5,7H2,1-2H3,(H,16,17). The molecule has 2 N–H and O–H groups in total. The lowest BCUT2D eigenvalue weighted by Crippen LogP contribution is -2.37. The minimum atomic E-state index is -0.0242. The molecule has 0 atom stereocenters. The fourth-order valence-electron chi connectivity index (χ4n) is 1.49. The summed E-state index contributed by atoms with van der Waals surface area (Å²) in [4.78, 5) is 20.1. The predicted octanol–water partition coefficient (Wildman–Crippen LogP) is 0.321. The van der Waals surface area contributed by atoms with Crippen molar-refractivity contribution in [2.75, 3.05) is 13.1 Å². The van der Waals surface area contributed by atoms with E-state index in [-0.39, 0.29) is 5.91 Å². The van der Waals surface area contributed by atoms with Crippen LogP contribution in [0.2, 0.25) is 0 Å². The molecule has 1 aromatic rings. The minimum absolute atomic E-state index is 0.0242. The van der Waals surface area contributed by atoms with Gasteiger partial charge in [0.2, 0.25) is 5.91 Å². The molecule has 17 heavy (non-hydrogen) atoms. The van der Waals surface area contributed by atoms with E-state index in [1.807, 2.05) is 13.8 Å². The maximum absolute atomic E-state index is 11.8. The normalized spacial score (nSPS) is 14.1. The molecule has 0 aliphatic carbocycles. The molecule has 5 nitrogen and oxygen atoms in total. The Bertz CT molecular complexity index is 444. The van der Waals surface area contributed by atoms with Crippen molar-refractivity contribution in [1.82, 2.24) is 20.6 Å². The maximum Gasteiger partial charge on any atom is 0.247 e. The molecule has 1 saturated heterocycles. The van der Waals surface area contributed by atoms with Crippen molar-refractivity contribution in [2.24, 2.45) is 0 Å². The monoisotopic (exact) mass is 232 g/mol. The second-order valence-electron chi connectivity index (χ2n) is 4.16. The van der Waals surface area contributed by atoms with Crippen LogP contribution in [0.5, 0.6) is 0 Å². The Balaban J connectivity index is 1.90. The maximum atomic E-state index is 11.8. The van der Waals surface area contributed by atoms with E-state index in [0.717, 1.165) is 30.1 Å². The average molecular weight is 232 g/mol. The van der Waals surface area contributed by atoms with Gasteiger partial charge in [0.05, 0.1) is 24.1 Å². The number of carbonyl (C=O) groups is 1. The van der Waals surface area contributed by atoms with E-state index in [9.17, 15) is 4.79 Å². The number of hydrogen-bond donors (Lipinski definition) is 2. The van der Waals surface area contributed by atoms with Gasteiger partial charge in [-0.3, -0.25) is 14.8 Å². The van der Waals surface area contributed by atoms with Crippen LogP contribution in [0.3, 0.4) is 0 Å². The summed E-state index contributed by atoms with van der Waals surface area (Å²) < 4.78 is 0. The molecule has 1 aliphatic heterocycles. The summed E-state index contributed by atoms with van der Waals surface area (Å²) in [6.45, 7) is 5.80. The first kappa shape index (κ1) is 11.7. The van der Waals surface area contributed by atoms with Crippen LogP contribution in [0.4, 0.5) is 0 Å². The van der Waals surface area contributed by atoms with E-state index in [1.165, 1.54) is 5.57 Å². The molecule has 0 saturated carbocycles. The van der Waals surface area contributed by atoms with Crippen molar-refractivity contribution >= 4 is 5.91 Å². The van der Waals surface area contributed by atoms with E-state index < -0.39 is 0 Å². The second-order valence-corrected chi connectivity index (χ2v) is 4.16. The summed E-state index contributed by atoms with van der Waals surface area (Å²) in [5, 5.41) is 5.96. The van der Waals surface area contributed by atoms with Crippen molar-refractivity contribution in [1.29, 1.82) is 0 Å². The van der Waals surface area contributed by atoms with Gasteiger partial charge in [-0.1, -0.05) is 0 Å². The lowest BCUT2D eigenvalue weighted by Gasteiger charge is -2.21. The molecule has 0 unspecified atom stereocenters. The molecule has 1 amide bonds. The van der Waals surface area contributed by atoms with Crippen LogP contribution in [0.15, 0.2) is 23.5 Å². The van der Waals surface area contributed by atoms with Gasteiger partial charge in [0.1, 0.15) is 0 Å². The molecule has 0 spiro atoms. The van der Waals surface area contributed by atoms with E-state index in [2.05, 4.69) is 20.6 Å². The molecule has 1 fully saturated rings. The highest BCUT2D eigenvalue weighted by atomic mass is 16.1. The zero-order valence-corrected chi connectivity index (χ0v) is 10.1. The first-order chi connectivity index (χ1) is 8.16.